The molecule has 6 nitrogen and oxygen atoms in total. The van der Waals surface area contributed by atoms with Crippen molar-refractivity contribution in [1.82, 2.24) is 15.0 Å². The van der Waals surface area contributed by atoms with Gasteiger partial charge >= 0.3 is 0 Å². The number of hydrogen-bond acceptors (Lipinski definition) is 5. The molecule has 3 heterocycles. The number of aliphatic hydroxyl groups is 1. The van der Waals surface area contributed by atoms with Crippen LogP contribution in [0.5, 0.6) is 0 Å². The minimum atomic E-state index is -0.0861. The Morgan fingerprint density at radius 3 is 2.24 bits per heavy atom. The number of amides is 1. The van der Waals surface area contributed by atoms with Crippen LogP contribution in [0, 0.1) is 5.92 Å². The number of aromatic nitrogens is 1. The SMILES string of the molecule is O=C(c1cc(C(c2ccccc2)c2ccccc2)no1)N1CCC(N2CCCC(CO)C2)CC1. The van der Waals surface area contributed by atoms with Gasteiger partial charge in [-0.2, -0.15) is 0 Å². The van der Waals surface area contributed by atoms with Gasteiger partial charge < -0.3 is 14.5 Å². The van der Waals surface area contributed by atoms with E-state index in [0.717, 1.165) is 68.7 Å². The third-order valence-electron chi connectivity index (χ3n) is 7.38. The van der Waals surface area contributed by atoms with Gasteiger partial charge in [-0.25, -0.2) is 0 Å². The summed E-state index contributed by atoms with van der Waals surface area (Å²) >= 11 is 0. The third kappa shape index (κ3) is 4.93. The van der Waals surface area contributed by atoms with Crippen molar-refractivity contribution in [3.63, 3.8) is 0 Å². The second-order valence-electron chi connectivity index (χ2n) is 9.58. The van der Waals surface area contributed by atoms with Crippen molar-refractivity contribution < 1.29 is 14.4 Å². The quantitative estimate of drug-likeness (QED) is 0.599. The zero-order chi connectivity index (χ0) is 23.3. The minimum Gasteiger partial charge on any atom is -0.396 e. The van der Waals surface area contributed by atoms with Crippen LogP contribution in [0.3, 0.4) is 0 Å². The van der Waals surface area contributed by atoms with Gasteiger partial charge in [-0.05, 0) is 49.3 Å². The highest BCUT2D eigenvalue weighted by molar-refractivity contribution is 5.91. The maximum absolute atomic E-state index is 13.2. The van der Waals surface area contributed by atoms with Crippen molar-refractivity contribution in [3.8, 4) is 0 Å². The third-order valence-corrected chi connectivity index (χ3v) is 7.38. The zero-order valence-corrected chi connectivity index (χ0v) is 19.6. The van der Waals surface area contributed by atoms with Gasteiger partial charge in [-0.15, -0.1) is 0 Å². The van der Waals surface area contributed by atoms with Crippen LogP contribution in [0.15, 0.2) is 71.3 Å². The lowest BCUT2D eigenvalue weighted by Crippen LogP contribution is -2.50. The summed E-state index contributed by atoms with van der Waals surface area (Å²) in [5.41, 5.74) is 2.98. The number of benzene rings is 2. The van der Waals surface area contributed by atoms with Crippen molar-refractivity contribution in [2.75, 3.05) is 32.8 Å². The fourth-order valence-corrected chi connectivity index (χ4v) is 5.52. The molecular weight excluding hydrogens is 426 g/mol. The molecule has 0 bridgehead atoms. The van der Waals surface area contributed by atoms with Gasteiger partial charge in [0.2, 0.25) is 5.76 Å². The van der Waals surface area contributed by atoms with Crippen molar-refractivity contribution in [1.29, 1.82) is 0 Å². The van der Waals surface area contributed by atoms with Crippen LogP contribution in [0.25, 0.3) is 0 Å². The summed E-state index contributed by atoms with van der Waals surface area (Å²) in [4.78, 5) is 17.6. The maximum Gasteiger partial charge on any atom is 0.292 e. The number of nitrogens with zero attached hydrogens (tertiary/aromatic N) is 3. The Morgan fingerprint density at radius 1 is 0.971 bits per heavy atom. The zero-order valence-electron chi connectivity index (χ0n) is 19.6. The number of aliphatic hydroxyl groups excluding tert-OH is 1. The molecule has 2 fully saturated rings. The first kappa shape index (κ1) is 22.8. The Morgan fingerprint density at radius 2 is 1.62 bits per heavy atom. The van der Waals surface area contributed by atoms with Crippen LogP contribution in [0.1, 0.15) is 59.0 Å². The topological polar surface area (TPSA) is 69.8 Å². The van der Waals surface area contributed by atoms with Crippen LogP contribution < -0.4 is 0 Å². The van der Waals surface area contributed by atoms with Crippen LogP contribution in [-0.2, 0) is 0 Å². The molecule has 0 saturated carbocycles. The Labute approximate surface area is 201 Å². The van der Waals surface area contributed by atoms with E-state index in [1.54, 1.807) is 0 Å². The molecule has 1 atom stereocenters. The molecule has 2 aliphatic heterocycles. The fraction of sp³-hybridized carbons (Fsp3) is 0.429. The molecule has 2 aromatic carbocycles. The fourth-order valence-electron chi connectivity index (χ4n) is 5.52. The monoisotopic (exact) mass is 459 g/mol. The van der Waals surface area contributed by atoms with Crippen LogP contribution in [-0.4, -0.2) is 64.8 Å². The number of rotatable bonds is 6. The van der Waals surface area contributed by atoms with E-state index in [9.17, 15) is 9.90 Å². The van der Waals surface area contributed by atoms with E-state index >= 15 is 0 Å². The minimum absolute atomic E-state index is 0.0797. The summed E-state index contributed by atoms with van der Waals surface area (Å²) in [7, 11) is 0. The molecule has 34 heavy (non-hydrogen) atoms. The summed E-state index contributed by atoms with van der Waals surface area (Å²) in [5, 5.41) is 13.9. The summed E-state index contributed by atoms with van der Waals surface area (Å²) in [6, 6.07) is 22.7. The standard InChI is InChI=1S/C28H33N3O3/c32-20-21-8-7-15-31(19-21)24-13-16-30(17-14-24)28(33)26-18-25(29-34-26)27(22-9-3-1-4-10-22)23-11-5-2-6-12-23/h1-6,9-12,18,21,24,27,32H,7-8,13-17,19-20H2. The lowest BCUT2D eigenvalue weighted by molar-refractivity contribution is 0.0433. The molecule has 178 valence electrons. The van der Waals surface area contributed by atoms with E-state index < -0.39 is 0 Å². The number of carbonyl (C=O) groups is 1. The summed E-state index contributed by atoms with van der Waals surface area (Å²) in [6.45, 7) is 3.79. The molecule has 0 aliphatic carbocycles. The normalized spacial score (nSPS) is 20.1. The highest BCUT2D eigenvalue weighted by Crippen LogP contribution is 2.32. The summed E-state index contributed by atoms with van der Waals surface area (Å²) < 4.78 is 5.60. The Bertz CT molecular complexity index is 1020. The van der Waals surface area contributed by atoms with Gasteiger partial charge in [0.1, 0.15) is 0 Å². The largest absolute Gasteiger partial charge is 0.396 e. The van der Waals surface area contributed by atoms with Gasteiger partial charge in [0.15, 0.2) is 0 Å². The molecule has 1 unspecified atom stereocenters. The predicted molar refractivity (Wildman–Crippen MR) is 131 cm³/mol. The molecule has 3 aromatic rings. The van der Waals surface area contributed by atoms with Gasteiger partial charge in [-0.3, -0.25) is 9.69 Å². The lowest BCUT2D eigenvalue weighted by atomic mass is 9.88. The first-order valence-corrected chi connectivity index (χ1v) is 12.4. The van der Waals surface area contributed by atoms with Crippen molar-refractivity contribution >= 4 is 5.91 Å². The average molecular weight is 460 g/mol. The van der Waals surface area contributed by atoms with Crippen LogP contribution in [0.4, 0.5) is 0 Å². The van der Waals surface area contributed by atoms with E-state index in [1.807, 2.05) is 47.4 Å². The summed E-state index contributed by atoms with van der Waals surface area (Å²) in [6.07, 6.45) is 4.18. The van der Waals surface area contributed by atoms with Gasteiger partial charge in [0.25, 0.3) is 5.91 Å². The molecular formula is C28H33N3O3. The Balaban J connectivity index is 1.27. The van der Waals surface area contributed by atoms with Crippen molar-refractivity contribution in [3.05, 3.63) is 89.3 Å². The number of hydrogen-bond donors (Lipinski definition) is 1. The smallest absolute Gasteiger partial charge is 0.292 e. The second-order valence-corrected chi connectivity index (χ2v) is 9.58. The number of carbonyl (C=O) groups excluding carboxylic acids is 1. The molecule has 1 aromatic heterocycles. The predicted octanol–water partition coefficient (Wildman–Crippen LogP) is 4.16. The van der Waals surface area contributed by atoms with Crippen LogP contribution >= 0.6 is 0 Å². The molecule has 2 saturated heterocycles. The molecule has 0 radical (unpaired) electrons. The number of likely N-dealkylation sites (tertiary alicyclic amines) is 2. The van der Waals surface area contributed by atoms with Gasteiger partial charge in [0.05, 0.1) is 11.6 Å². The molecule has 1 N–H and O–H groups in total. The van der Waals surface area contributed by atoms with Crippen molar-refractivity contribution in [2.45, 2.75) is 37.6 Å². The summed E-state index contributed by atoms with van der Waals surface area (Å²) in [5.74, 6) is 0.535. The number of piperidine rings is 2. The lowest BCUT2D eigenvalue weighted by Gasteiger charge is -2.41. The Hall–Kier alpha value is -2.96. The van der Waals surface area contributed by atoms with E-state index in [-0.39, 0.29) is 18.4 Å². The van der Waals surface area contributed by atoms with Gasteiger partial charge in [-0.1, -0.05) is 65.8 Å². The van der Waals surface area contributed by atoms with E-state index in [0.29, 0.717) is 17.7 Å². The molecule has 0 spiro atoms. The average Bonchev–Trinajstić information content (AvgIpc) is 3.39. The van der Waals surface area contributed by atoms with Crippen LogP contribution in [0.2, 0.25) is 0 Å². The van der Waals surface area contributed by atoms with E-state index in [2.05, 4.69) is 34.3 Å². The Kier molecular flexibility index (Phi) is 7.07. The van der Waals surface area contributed by atoms with Gasteiger partial charge in [0, 0.05) is 38.3 Å². The van der Waals surface area contributed by atoms with E-state index in [1.165, 1.54) is 0 Å². The van der Waals surface area contributed by atoms with E-state index in [4.69, 9.17) is 4.52 Å². The first-order valence-electron chi connectivity index (χ1n) is 12.4. The second kappa shape index (κ2) is 10.5. The highest BCUT2D eigenvalue weighted by atomic mass is 16.5. The maximum atomic E-state index is 13.2. The molecule has 1 amide bonds. The highest BCUT2D eigenvalue weighted by Gasteiger charge is 2.32. The molecule has 5 rings (SSSR count). The molecule has 2 aliphatic rings. The molecule has 6 heteroatoms. The van der Waals surface area contributed by atoms with Crippen molar-refractivity contribution in [2.24, 2.45) is 5.92 Å². The first-order chi connectivity index (χ1) is 16.7.